The SMILES string of the molecule is CC(C)(CN)N1CCN(c2ncccc2Br)CC1. The fourth-order valence-electron chi connectivity index (χ4n) is 2.26. The second-order valence-corrected chi connectivity index (χ2v) is 6.15. The molecule has 2 heterocycles. The highest BCUT2D eigenvalue weighted by molar-refractivity contribution is 9.10. The van der Waals surface area contributed by atoms with E-state index in [0.29, 0.717) is 6.54 Å². The maximum atomic E-state index is 5.83. The summed E-state index contributed by atoms with van der Waals surface area (Å²) in [4.78, 5) is 9.23. The molecule has 1 aromatic rings. The summed E-state index contributed by atoms with van der Waals surface area (Å²) >= 11 is 3.56. The largest absolute Gasteiger partial charge is 0.353 e. The molecule has 0 aromatic carbocycles. The van der Waals surface area contributed by atoms with Crippen molar-refractivity contribution < 1.29 is 0 Å². The summed E-state index contributed by atoms with van der Waals surface area (Å²) in [6, 6.07) is 3.99. The number of nitrogens with zero attached hydrogens (tertiary/aromatic N) is 3. The van der Waals surface area contributed by atoms with E-state index in [4.69, 9.17) is 5.73 Å². The molecule has 4 nitrogen and oxygen atoms in total. The van der Waals surface area contributed by atoms with Crippen molar-refractivity contribution in [2.75, 3.05) is 37.6 Å². The van der Waals surface area contributed by atoms with Crippen molar-refractivity contribution in [1.82, 2.24) is 9.88 Å². The Labute approximate surface area is 117 Å². The maximum Gasteiger partial charge on any atom is 0.142 e. The number of pyridine rings is 1. The van der Waals surface area contributed by atoms with Crippen molar-refractivity contribution in [1.29, 1.82) is 0 Å². The number of nitrogens with two attached hydrogens (primary N) is 1. The summed E-state index contributed by atoms with van der Waals surface area (Å²) < 4.78 is 1.07. The van der Waals surface area contributed by atoms with Gasteiger partial charge in [0.15, 0.2) is 0 Å². The smallest absolute Gasteiger partial charge is 0.142 e. The molecule has 18 heavy (non-hydrogen) atoms. The van der Waals surface area contributed by atoms with Crippen molar-refractivity contribution in [3.05, 3.63) is 22.8 Å². The molecule has 1 aromatic heterocycles. The van der Waals surface area contributed by atoms with Gasteiger partial charge in [-0.3, -0.25) is 4.90 Å². The van der Waals surface area contributed by atoms with Crippen LogP contribution >= 0.6 is 15.9 Å². The van der Waals surface area contributed by atoms with Crippen LogP contribution in [0.2, 0.25) is 0 Å². The Morgan fingerprint density at radius 1 is 1.33 bits per heavy atom. The standard InChI is InChI=1S/C13H21BrN4/c1-13(2,10-15)18-8-6-17(7-9-18)12-11(14)4-3-5-16-12/h3-5H,6-10,15H2,1-2H3. The number of hydrogen-bond acceptors (Lipinski definition) is 4. The molecule has 5 heteroatoms. The highest BCUT2D eigenvalue weighted by atomic mass is 79.9. The molecule has 100 valence electrons. The van der Waals surface area contributed by atoms with Gasteiger partial charge in [-0.15, -0.1) is 0 Å². The Kier molecular flexibility index (Phi) is 4.25. The second kappa shape index (κ2) is 5.55. The third-order valence-corrected chi connectivity index (χ3v) is 4.29. The van der Waals surface area contributed by atoms with Gasteiger partial charge in [0.25, 0.3) is 0 Å². The van der Waals surface area contributed by atoms with Gasteiger partial charge in [-0.1, -0.05) is 0 Å². The van der Waals surface area contributed by atoms with Gasteiger partial charge in [0.2, 0.25) is 0 Å². The van der Waals surface area contributed by atoms with E-state index in [1.54, 1.807) is 0 Å². The van der Waals surface area contributed by atoms with Gasteiger partial charge in [0.1, 0.15) is 5.82 Å². The quantitative estimate of drug-likeness (QED) is 0.923. The average Bonchev–Trinajstić information content (AvgIpc) is 2.39. The molecule has 1 saturated heterocycles. The third kappa shape index (κ3) is 2.84. The van der Waals surface area contributed by atoms with Crippen molar-refractivity contribution >= 4 is 21.7 Å². The minimum absolute atomic E-state index is 0.0907. The Hall–Kier alpha value is -0.650. The number of anilines is 1. The lowest BCUT2D eigenvalue weighted by Gasteiger charge is -2.44. The predicted octanol–water partition coefficient (Wildman–Crippen LogP) is 1.70. The molecule has 2 N–H and O–H groups in total. The molecule has 0 aliphatic carbocycles. The van der Waals surface area contributed by atoms with Crippen LogP contribution in [0.3, 0.4) is 0 Å². The van der Waals surface area contributed by atoms with Gasteiger partial charge in [0, 0.05) is 44.5 Å². The molecular formula is C13H21BrN4. The molecule has 0 radical (unpaired) electrons. The summed E-state index contributed by atoms with van der Waals surface area (Å²) in [6.45, 7) is 9.18. The van der Waals surface area contributed by atoms with Crippen LogP contribution < -0.4 is 10.6 Å². The molecule has 0 saturated carbocycles. The van der Waals surface area contributed by atoms with Crippen molar-refractivity contribution in [3.63, 3.8) is 0 Å². The second-order valence-electron chi connectivity index (χ2n) is 5.30. The highest BCUT2D eigenvalue weighted by Crippen LogP contribution is 2.25. The molecule has 2 rings (SSSR count). The zero-order chi connectivity index (χ0) is 13.2. The van der Waals surface area contributed by atoms with Gasteiger partial charge in [-0.05, 0) is 41.9 Å². The van der Waals surface area contributed by atoms with Crippen LogP contribution in [-0.2, 0) is 0 Å². The normalized spacial score (nSPS) is 18.1. The molecule has 1 aliphatic heterocycles. The van der Waals surface area contributed by atoms with E-state index in [9.17, 15) is 0 Å². The molecular weight excluding hydrogens is 292 g/mol. The zero-order valence-electron chi connectivity index (χ0n) is 11.1. The van der Waals surface area contributed by atoms with Crippen molar-refractivity contribution in [2.24, 2.45) is 5.73 Å². The highest BCUT2D eigenvalue weighted by Gasteiger charge is 2.29. The summed E-state index contributed by atoms with van der Waals surface area (Å²) in [7, 11) is 0. The molecule has 0 spiro atoms. The Bertz CT molecular complexity index is 400. The van der Waals surface area contributed by atoms with Gasteiger partial charge in [-0.2, -0.15) is 0 Å². The van der Waals surface area contributed by atoms with Crippen LogP contribution in [0, 0.1) is 0 Å². The molecule has 0 unspecified atom stereocenters. The monoisotopic (exact) mass is 312 g/mol. The molecule has 1 aliphatic rings. The summed E-state index contributed by atoms with van der Waals surface area (Å²) in [6.07, 6.45) is 1.84. The first kappa shape index (κ1) is 13.8. The Balaban J connectivity index is 2.01. The van der Waals surface area contributed by atoms with Crippen LogP contribution in [0.1, 0.15) is 13.8 Å². The van der Waals surface area contributed by atoms with Gasteiger partial charge < -0.3 is 10.6 Å². The fraction of sp³-hybridized carbons (Fsp3) is 0.615. The van der Waals surface area contributed by atoms with Crippen LogP contribution in [0.25, 0.3) is 0 Å². The first-order valence-electron chi connectivity index (χ1n) is 6.35. The average molecular weight is 313 g/mol. The minimum atomic E-state index is 0.0907. The van der Waals surface area contributed by atoms with Gasteiger partial charge >= 0.3 is 0 Å². The fourth-order valence-corrected chi connectivity index (χ4v) is 2.77. The number of rotatable bonds is 3. The molecule has 0 atom stereocenters. The van der Waals surface area contributed by atoms with Gasteiger partial charge in [-0.25, -0.2) is 4.98 Å². The van der Waals surface area contributed by atoms with E-state index < -0.39 is 0 Å². The van der Waals surface area contributed by atoms with E-state index in [-0.39, 0.29) is 5.54 Å². The summed E-state index contributed by atoms with van der Waals surface area (Å²) in [5.74, 6) is 1.04. The molecule has 0 bridgehead atoms. The number of piperazine rings is 1. The lowest BCUT2D eigenvalue weighted by Crippen LogP contribution is -2.57. The topological polar surface area (TPSA) is 45.4 Å². The first-order valence-corrected chi connectivity index (χ1v) is 7.14. The van der Waals surface area contributed by atoms with E-state index in [1.165, 1.54) is 0 Å². The minimum Gasteiger partial charge on any atom is -0.353 e. The third-order valence-electron chi connectivity index (χ3n) is 3.67. The summed E-state index contributed by atoms with van der Waals surface area (Å²) in [5, 5.41) is 0. The zero-order valence-corrected chi connectivity index (χ0v) is 12.7. The van der Waals surface area contributed by atoms with E-state index in [1.807, 2.05) is 18.3 Å². The number of aromatic nitrogens is 1. The lowest BCUT2D eigenvalue weighted by atomic mass is 10.0. The van der Waals surface area contributed by atoms with E-state index >= 15 is 0 Å². The maximum absolute atomic E-state index is 5.83. The van der Waals surface area contributed by atoms with Crippen LogP contribution in [0.5, 0.6) is 0 Å². The van der Waals surface area contributed by atoms with E-state index in [2.05, 4.69) is 44.6 Å². The van der Waals surface area contributed by atoms with Crippen LogP contribution in [0.15, 0.2) is 22.8 Å². The van der Waals surface area contributed by atoms with Crippen molar-refractivity contribution in [3.8, 4) is 0 Å². The lowest BCUT2D eigenvalue weighted by molar-refractivity contribution is 0.119. The Morgan fingerprint density at radius 2 is 2.00 bits per heavy atom. The van der Waals surface area contributed by atoms with Crippen LogP contribution in [0.4, 0.5) is 5.82 Å². The first-order chi connectivity index (χ1) is 8.54. The van der Waals surface area contributed by atoms with E-state index in [0.717, 1.165) is 36.5 Å². The molecule has 1 fully saturated rings. The van der Waals surface area contributed by atoms with Crippen LogP contribution in [-0.4, -0.2) is 48.1 Å². The molecule has 0 amide bonds. The van der Waals surface area contributed by atoms with Gasteiger partial charge in [0.05, 0.1) is 4.47 Å². The number of hydrogen-bond donors (Lipinski definition) is 1. The number of halogens is 1. The predicted molar refractivity (Wildman–Crippen MR) is 78.9 cm³/mol. The summed E-state index contributed by atoms with van der Waals surface area (Å²) in [5.41, 5.74) is 5.92. The van der Waals surface area contributed by atoms with Crippen molar-refractivity contribution in [2.45, 2.75) is 19.4 Å². The Morgan fingerprint density at radius 3 is 2.56 bits per heavy atom.